The summed E-state index contributed by atoms with van der Waals surface area (Å²) in [5.41, 5.74) is 1.98. The summed E-state index contributed by atoms with van der Waals surface area (Å²) in [5.74, 6) is 0.00479. The van der Waals surface area contributed by atoms with E-state index in [1.807, 2.05) is 30.3 Å². The number of benzene rings is 3. The van der Waals surface area contributed by atoms with Crippen molar-refractivity contribution < 1.29 is 28.9 Å². The predicted octanol–water partition coefficient (Wildman–Crippen LogP) is 7.03. The highest BCUT2D eigenvalue weighted by atomic mass is 79.9. The van der Waals surface area contributed by atoms with Crippen LogP contribution in [0, 0.1) is 0 Å². The summed E-state index contributed by atoms with van der Waals surface area (Å²) in [7, 11) is 2.67. The second-order valence-electron chi connectivity index (χ2n) is 6.07. The van der Waals surface area contributed by atoms with Gasteiger partial charge in [-0.2, -0.15) is 0 Å². The number of hydrogen-bond donors (Lipinski definition) is 1. The summed E-state index contributed by atoms with van der Waals surface area (Å²) in [4.78, 5) is 22.3. The van der Waals surface area contributed by atoms with E-state index in [2.05, 4.69) is 41.3 Å². The van der Waals surface area contributed by atoms with Crippen molar-refractivity contribution in [3.63, 3.8) is 0 Å². The van der Waals surface area contributed by atoms with E-state index >= 15 is 0 Å². The lowest BCUT2D eigenvalue weighted by Crippen LogP contribution is -2.02. The van der Waals surface area contributed by atoms with Crippen molar-refractivity contribution in [3.05, 3.63) is 92.4 Å². The zero-order chi connectivity index (χ0) is 22.8. The number of hydrogen-bond acceptors (Lipinski definition) is 6. The maximum absolute atomic E-state index is 11.4. The zero-order valence-electron chi connectivity index (χ0n) is 16.8. The van der Waals surface area contributed by atoms with Crippen molar-refractivity contribution in [2.75, 3.05) is 14.2 Å². The van der Waals surface area contributed by atoms with Crippen LogP contribution in [0.2, 0.25) is 0 Å². The number of phenolic OH excluding ortho intramolecular Hbond substituents is 1. The number of phenols is 1. The summed E-state index contributed by atoms with van der Waals surface area (Å²) in [5, 5.41) is 9.10. The number of carbonyl (C=O) groups is 2. The van der Waals surface area contributed by atoms with Crippen molar-refractivity contribution in [2.24, 2.45) is 0 Å². The molecule has 0 aromatic heterocycles. The van der Waals surface area contributed by atoms with Crippen LogP contribution < -0.4 is 4.74 Å². The van der Waals surface area contributed by atoms with E-state index in [0.29, 0.717) is 28.0 Å². The molecule has 0 aliphatic heterocycles. The van der Waals surface area contributed by atoms with Gasteiger partial charge in [-0.25, -0.2) is 9.59 Å². The molecule has 3 aromatic carbocycles. The van der Waals surface area contributed by atoms with E-state index in [-0.39, 0.29) is 26.6 Å². The Morgan fingerprint density at radius 1 is 0.788 bits per heavy atom. The molecule has 3 aromatic rings. The number of rotatable bonds is 5. The maximum atomic E-state index is 11.4. The van der Waals surface area contributed by atoms with Crippen molar-refractivity contribution in [3.8, 4) is 11.5 Å². The van der Waals surface area contributed by atoms with E-state index in [9.17, 15) is 9.59 Å². The van der Waals surface area contributed by atoms with Gasteiger partial charge in [0.15, 0.2) is 0 Å². The van der Waals surface area contributed by atoms with Gasteiger partial charge in [0.2, 0.25) is 0 Å². The number of halogens is 2. The van der Waals surface area contributed by atoms with Gasteiger partial charge in [0.25, 0.3) is 0 Å². The van der Waals surface area contributed by atoms with Crippen molar-refractivity contribution in [2.45, 2.75) is 21.5 Å². The lowest BCUT2D eigenvalue weighted by atomic mass is 10.2. The van der Waals surface area contributed by atoms with Gasteiger partial charge in [-0.3, -0.25) is 0 Å². The summed E-state index contributed by atoms with van der Waals surface area (Å²) in [6.07, 6.45) is 0. The molecule has 0 amide bonds. The zero-order valence-corrected chi connectivity index (χ0v) is 20.0. The molecule has 1 N–H and O–H groups in total. The molecule has 0 radical (unpaired) electrons. The third-order valence-corrected chi connectivity index (χ3v) is 5.21. The van der Waals surface area contributed by atoms with Gasteiger partial charge in [-0.05, 0) is 73.8 Å². The van der Waals surface area contributed by atoms with Crippen LogP contribution in [0.4, 0.5) is 0 Å². The van der Waals surface area contributed by atoms with Crippen LogP contribution in [0.15, 0.2) is 75.7 Å². The monoisotopic (exact) mass is 582 g/mol. The highest BCUT2D eigenvalue weighted by Crippen LogP contribution is 2.27. The van der Waals surface area contributed by atoms with Crippen molar-refractivity contribution in [1.29, 1.82) is 0 Å². The number of carbonyl (C=O) groups excluding carboxylic acids is 2. The molecular formula is C25H28Br2O6. The summed E-state index contributed by atoms with van der Waals surface area (Å²) in [6, 6.07) is 19.4. The fourth-order valence-electron chi connectivity index (χ4n) is 2.35. The molecule has 8 heteroatoms. The molecule has 0 fully saturated rings. The van der Waals surface area contributed by atoms with Crippen LogP contribution in [0.1, 0.15) is 41.1 Å². The first kappa shape index (κ1) is 30.2. The first-order chi connectivity index (χ1) is 14.8. The summed E-state index contributed by atoms with van der Waals surface area (Å²) < 4.78 is 16.0. The molecule has 178 valence electrons. The topological polar surface area (TPSA) is 82.1 Å². The molecule has 0 aliphatic carbocycles. The van der Waals surface area contributed by atoms with Gasteiger partial charge in [0, 0.05) is 0 Å². The third kappa shape index (κ3) is 9.27. The first-order valence-corrected chi connectivity index (χ1v) is 10.6. The van der Waals surface area contributed by atoms with E-state index in [4.69, 9.17) is 9.84 Å². The van der Waals surface area contributed by atoms with Gasteiger partial charge in [0.1, 0.15) is 18.1 Å². The van der Waals surface area contributed by atoms with Crippen molar-refractivity contribution in [1.82, 2.24) is 0 Å². The Balaban J connectivity index is 0.000000640. The molecule has 0 bridgehead atoms. The molecule has 0 spiro atoms. The van der Waals surface area contributed by atoms with E-state index in [0.717, 1.165) is 10.0 Å². The smallest absolute Gasteiger partial charge is 0.337 e. The SMILES string of the molecule is C.C.COC(=O)c1ccc(O)c(Br)c1.COC(=O)c1ccc(OCc2ccccc2)c(Br)c1. The highest BCUT2D eigenvalue weighted by Gasteiger charge is 2.09. The van der Waals surface area contributed by atoms with Crippen LogP contribution in [0.25, 0.3) is 0 Å². The normalized spacial score (nSPS) is 9.21. The van der Waals surface area contributed by atoms with Crippen LogP contribution in [0.5, 0.6) is 11.5 Å². The molecule has 0 atom stereocenters. The van der Waals surface area contributed by atoms with Gasteiger partial charge in [-0.1, -0.05) is 45.2 Å². The average Bonchev–Trinajstić information content (AvgIpc) is 2.80. The fourth-order valence-corrected chi connectivity index (χ4v) is 3.22. The molecule has 3 rings (SSSR count). The maximum Gasteiger partial charge on any atom is 0.337 e. The minimum atomic E-state index is -0.421. The first-order valence-electron chi connectivity index (χ1n) is 8.97. The molecular weight excluding hydrogens is 556 g/mol. The standard InChI is InChI=1S/C15H13BrO3.C8H7BrO3.2CH4/c1-18-15(17)12-7-8-14(13(16)9-12)19-10-11-5-3-2-4-6-11;1-12-8(11)5-2-3-7(10)6(9)4-5;;/h2-9H,10H2,1H3;2-4,10H,1H3;2*1H4. The van der Waals surface area contributed by atoms with Gasteiger partial charge < -0.3 is 19.3 Å². The van der Waals surface area contributed by atoms with E-state index in [1.54, 1.807) is 18.2 Å². The lowest BCUT2D eigenvalue weighted by molar-refractivity contribution is 0.0591. The minimum Gasteiger partial charge on any atom is -0.507 e. The molecule has 6 nitrogen and oxygen atoms in total. The molecule has 0 aliphatic rings. The van der Waals surface area contributed by atoms with Crippen molar-refractivity contribution >= 4 is 43.8 Å². The molecule has 0 heterocycles. The minimum absolute atomic E-state index is 0. The van der Waals surface area contributed by atoms with Crippen LogP contribution in [-0.2, 0) is 16.1 Å². The van der Waals surface area contributed by atoms with Crippen LogP contribution in [-0.4, -0.2) is 31.3 Å². The number of ether oxygens (including phenoxy) is 3. The lowest BCUT2D eigenvalue weighted by Gasteiger charge is -2.09. The molecule has 0 unspecified atom stereocenters. The Morgan fingerprint density at radius 2 is 1.30 bits per heavy atom. The Hall–Kier alpha value is -2.84. The fraction of sp³-hybridized carbons (Fsp3) is 0.200. The van der Waals surface area contributed by atoms with E-state index < -0.39 is 5.97 Å². The van der Waals surface area contributed by atoms with Gasteiger partial charge in [-0.15, -0.1) is 0 Å². The largest absolute Gasteiger partial charge is 0.507 e. The Morgan fingerprint density at radius 3 is 1.79 bits per heavy atom. The predicted molar refractivity (Wildman–Crippen MR) is 137 cm³/mol. The number of esters is 2. The van der Waals surface area contributed by atoms with Crippen LogP contribution >= 0.6 is 31.9 Å². The Bertz CT molecular complexity index is 1040. The van der Waals surface area contributed by atoms with Gasteiger partial charge >= 0.3 is 11.9 Å². The Labute approximate surface area is 211 Å². The number of methoxy groups -OCH3 is 2. The Kier molecular flexibility index (Phi) is 13.8. The second kappa shape index (κ2) is 15.1. The highest BCUT2D eigenvalue weighted by molar-refractivity contribution is 9.10. The molecule has 33 heavy (non-hydrogen) atoms. The van der Waals surface area contributed by atoms with Crippen LogP contribution in [0.3, 0.4) is 0 Å². The quantitative estimate of drug-likeness (QED) is 0.325. The van der Waals surface area contributed by atoms with Gasteiger partial charge in [0.05, 0.1) is 34.3 Å². The second-order valence-corrected chi connectivity index (χ2v) is 7.78. The summed E-state index contributed by atoms with van der Waals surface area (Å²) in [6.45, 7) is 0.483. The molecule has 0 saturated carbocycles. The third-order valence-electron chi connectivity index (χ3n) is 3.96. The van der Waals surface area contributed by atoms with E-state index in [1.165, 1.54) is 32.4 Å². The molecule has 0 saturated heterocycles. The average molecular weight is 584 g/mol. The number of aromatic hydroxyl groups is 1. The summed E-state index contributed by atoms with van der Waals surface area (Å²) >= 11 is 6.47.